The largest absolute Gasteiger partial charge is 0.396 e. The van der Waals surface area contributed by atoms with Gasteiger partial charge in [-0.15, -0.1) is 0 Å². The molecule has 0 spiro atoms. The Morgan fingerprint density at radius 1 is 0.636 bits per heavy atom. The molecule has 3 nitrogen and oxygen atoms in total. The smallest absolute Gasteiger partial charge is 0.0644 e. The van der Waals surface area contributed by atoms with Crippen molar-refractivity contribution in [2.45, 2.75) is 91.6 Å². The molecule has 0 aromatic heterocycles. The zero-order chi connectivity index (χ0) is 16.6. The van der Waals surface area contributed by atoms with Crippen molar-refractivity contribution in [3.8, 4) is 0 Å². The standard InChI is InChI=1S/C19H42N2O/c1-5-9-14-20(15-10-6-2)19(13-18-22)21(16-11-7-3)17-12-8-4/h19,22H,5-18H2,1-4H3. The van der Waals surface area contributed by atoms with E-state index in [0.29, 0.717) is 12.8 Å². The third-order valence-corrected chi connectivity index (χ3v) is 4.43. The summed E-state index contributed by atoms with van der Waals surface area (Å²) in [7, 11) is 0. The minimum Gasteiger partial charge on any atom is -0.396 e. The van der Waals surface area contributed by atoms with E-state index in [0.717, 1.165) is 6.42 Å². The number of hydrogen-bond donors (Lipinski definition) is 1. The summed E-state index contributed by atoms with van der Waals surface area (Å²) in [6.45, 7) is 14.1. The maximum absolute atomic E-state index is 9.58. The van der Waals surface area contributed by atoms with Crippen LogP contribution in [0.3, 0.4) is 0 Å². The van der Waals surface area contributed by atoms with E-state index in [-0.39, 0.29) is 0 Å². The molecule has 0 aromatic rings. The first-order chi connectivity index (χ1) is 10.7. The number of nitrogens with zero attached hydrogens (tertiary/aromatic N) is 2. The second-order valence-electron chi connectivity index (χ2n) is 6.48. The molecule has 134 valence electrons. The molecule has 0 saturated heterocycles. The minimum absolute atomic E-state index is 0.300. The van der Waals surface area contributed by atoms with Gasteiger partial charge in [-0.2, -0.15) is 0 Å². The van der Waals surface area contributed by atoms with Crippen LogP contribution in [-0.4, -0.2) is 53.9 Å². The van der Waals surface area contributed by atoms with Crippen LogP contribution < -0.4 is 0 Å². The van der Waals surface area contributed by atoms with Crippen LogP contribution in [0.2, 0.25) is 0 Å². The van der Waals surface area contributed by atoms with E-state index in [9.17, 15) is 5.11 Å². The van der Waals surface area contributed by atoms with Crippen LogP contribution in [0, 0.1) is 0 Å². The van der Waals surface area contributed by atoms with Gasteiger partial charge in [0.25, 0.3) is 0 Å². The van der Waals surface area contributed by atoms with Crippen LogP contribution in [0.15, 0.2) is 0 Å². The molecule has 0 bridgehead atoms. The lowest BCUT2D eigenvalue weighted by atomic mass is 10.1. The maximum atomic E-state index is 9.58. The molecule has 0 aliphatic heterocycles. The third-order valence-electron chi connectivity index (χ3n) is 4.43. The molecular formula is C19H42N2O. The van der Waals surface area contributed by atoms with Crippen LogP contribution in [-0.2, 0) is 0 Å². The highest BCUT2D eigenvalue weighted by atomic mass is 16.3. The van der Waals surface area contributed by atoms with Crippen LogP contribution in [0.25, 0.3) is 0 Å². The highest BCUT2D eigenvalue weighted by Gasteiger charge is 2.23. The van der Waals surface area contributed by atoms with Crippen molar-refractivity contribution in [1.82, 2.24) is 9.80 Å². The van der Waals surface area contributed by atoms with Crippen LogP contribution in [0.1, 0.15) is 85.5 Å². The first kappa shape index (κ1) is 21.9. The predicted molar refractivity (Wildman–Crippen MR) is 98.3 cm³/mol. The van der Waals surface area contributed by atoms with E-state index in [4.69, 9.17) is 0 Å². The zero-order valence-electron chi connectivity index (χ0n) is 15.8. The van der Waals surface area contributed by atoms with E-state index in [1.807, 2.05) is 0 Å². The Bertz CT molecular complexity index is 187. The van der Waals surface area contributed by atoms with Crippen LogP contribution >= 0.6 is 0 Å². The molecular weight excluding hydrogens is 272 g/mol. The van der Waals surface area contributed by atoms with Crippen molar-refractivity contribution < 1.29 is 5.11 Å². The zero-order valence-corrected chi connectivity index (χ0v) is 15.8. The molecule has 0 aliphatic rings. The Kier molecular flexibility index (Phi) is 15.7. The Hall–Kier alpha value is -0.120. The molecule has 0 fully saturated rings. The summed E-state index contributed by atoms with van der Waals surface area (Å²) in [5.41, 5.74) is 0. The van der Waals surface area contributed by atoms with E-state index in [1.165, 1.54) is 77.5 Å². The van der Waals surface area contributed by atoms with Crippen LogP contribution in [0.4, 0.5) is 0 Å². The molecule has 0 rings (SSSR count). The number of unbranched alkanes of at least 4 members (excludes halogenated alkanes) is 4. The minimum atomic E-state index is 0.300. The fraction of sp³-hybridized carbons (Fsp3) is 1.00. The van der Waals surface area contributed by atoms with Crippen molar-refractivity contribution >= 4 is 0 Å². The Labute approximate surface area is 140 Å². The third kappa shape index (κ3) is 9.81. The van der Waals surface area contributed by atoms with Gasteiger partial charge in [0.05, 0.1) is 6.17 Å². The fourth-order valence-corrected chi connectivity index (χ4v) is 2.98. The topological polar surface area (TPSA) is 26.7 Å². The summed E-state index contributed by atoms with van der Waals surface area (Å²) in [4.78, 5) is 5.29. The monoisotopic (exact) mass is 314 g/mol. The van der Waals surface area contributed by atoms with Gasteiger partial charge >= 0.3 is 0 Å². The van der Waals surface area contributed by atoms with Crippen molar-refractivity contribution in [2.75, 3.05) is 32.8 Å². The second-order valence-corrected chi connectivity index (χ2v) is 6.48. The van der Waals surface area contributed by atoms with Gasteiger partial charge in [-0.1, -0.05) is 53.4 Å². The van der Waals surface area contributed by atoms with E-state index in [1.54, 1.807) is 0 Å². The lowest BCUT2D eigenvalue weighted by molar-refractivity contribution is 0.0200. The number of aliphatic hydroxyl groups excluding tert-OH is 1. The Morgan fingerprint density at radius 3 is 1.18 bits per heavy atom. The highest BCUT2D eigenvalue weighted by Crippen LogP contribution is 2.15. The Balaban J connectivity index is 4.88. The molecule has 0 atom stereocenters. The number of rotatable bonds is 16. The summed E-state index contributed by atoms with van der Waals surface area (Å²) < 4.78 is 0. The molecule has 3 heteroatoms. The summed E-state index contributed by atoms with van der Waals surface area (Å²) in [5.74, 6) is 0. The second kappa shape index (κ2) is 15.8. The van der Waals surface area contributed by atoms with Gasteiger partial charge in [0.1, 0.15) is 0 Å². The molecule has 0 saturated carbocycles. The summed E-state index contributed by atoms with van der Waals surface area (Å²) in [6.07, 6.45) is 11.4. The fourth-order valence-electron chi connectivity index (χ4n) is 2.98. The van der Waals surface area contributed by atoms with Gasteiger partial charge in [-0.25, -0.2) is 0 Å². The van der Waals surface area contributed by atoms with Crippen molar-refractivity contribution in [3.05, 3.63) is 0 Å². The first-order valence-corrected chi connectivity index (χ1v) is 9.83. The molecule has 0 radical (unpaired) electrons. The first-order valence-electron chi connectivity index (χ1n) is 9.83. The number of aliphatic hydroxyl groups is 1. The van der Waals surface area contributed by atoms with Gasteiger partial charge in [-0.3, -0.25) is 9.80 Å². The van der Waals surface area contributed by atoms with Gasteiger partial charge < -0.3 is 5.11 Å². The highest BCUT2D eigenvalue weighted by molar-refractivity contribution is 4.74. The molecule has 0 heterocycles. The maximum Gasteiger partial charge on any atom is 0.0644 e. The molecule has 0 amide bonds. The van der Waals surface area contributed by atoms with E-state index in [2.05, 4.69) is 37.5 Å². The van der Waals surface area contributed by atoms with Gasteiger partial charge in [0.2, 0.25) is 0 Å². The summed E-state index contributed by atoms with van der Waals surface area (Å²) in [6, 6.07) is 0. The molecule has 1 N–H and O–H groups in total. The molecule has 22 heavy (non-hydrogen) atoms. The van der Waals surface area contributed by atoms with Crippen molar-refractivity contribution in [2.24, 2.45) is 0 Å². The normalized spacial score (nSPS) is 12.0. The van der Waals surface area contributed by atoms with Gasteiger partial charge in [-0.05, 0) is 58.3 Å². The average Bonchev–Trinajstić information content (AvgIpc) is 2.54. The van der Waals surface area contributed by atoms with Crippen molar-refractivity contribution in [1.29, 1.82) is 0 Å². The van der Waals surface area contributed by atoms with Gasteiger partial charge in [0.15, 0.2) is 0 Å². The molecule has 0 aliphatic carbocycles. The predicted octanol–water partition coefficient (Wildman–Crippen LogP) is 4.50. The van der Waals surface area contributed by atoms with E-state index < -0.39 is 0 Å². The van der Waals surface area contributed by atoms with Crippen molar-refractivity contribution in [3.63, 3.8) is 0 Å². The quantitative estimate of drug-likeness (QED) is 0.425. The lowest BCUT2D eigenvalue weighted by Gasteiger charge is -2.40. The summed E-state index contributed by atoms with van der Waals surface area (Å²) in [5, 5.41) is 9.58. The lowest BCUT2D eigenvalue weighted by Crippen LogP contribution is -2.50. The van der Waals surface area contributed by atoms with Crippen LogP contribution in [0.5, 0.6) is 0 Å². The SMILES string of the molecule is CCCCN(CCCC)C(CCO)N(CCCC)CCCC. The molecule has 0 aromatic carbocycles. The summed E-state index contributed by atoms with van der Waals surface area (Å²) >= 11 is 0. The van der Waals surface area contributed by atoms with E-state index >= 15 is 0 Å². The number of hydrogen-bond acceptors (Lipinski definition) is 3. The Morgan fingerprint density at radius 2 is 0.955 bits per heavy atom. The average molecular weight is 315 g/mol. The molecule has 0 unspecified atom stereocenters. The van der Waals surface area contributed by atoms with Gasteiger partial charge in [0, 0.05) is 6.61 Å².